The molecule has 260 valence electrons. The molecule has 6 rings (SSSR count). The van der Waals surface area contributed by atoms with Gasteiger partial charge in [0.25, 0.3) is 14.2 Å². The predicted octanol–water partition coefficient (Wildman–Crippen LogP) is 5.96. The highest BCUT2D eigenvalue weighted by Gasteiger charge is 2.52. The number of allylic oxidation sites excluding steroid dienone is 2. The van der Waals surface area contributed by atoms with E-state index >= 15 is 8.78 Å². The molecule has 49 heavy (non-hydrogen) atoms. The van der Waals surface area contributed by atoms with Crippen molar-refractivity contribution in [1.82, 2.24) is 15.5 Å². The van der Waals surface area contributed by atoms with E-state index in [9.17, 15) is 0 Å². The van der Waals surface area contributed by atoms with Gasteiger partial charge in [0.15, 0.2) is 11.5 Å². The summed E-state index contributed by atoms with van der Waals surface area (Å²) in [6.45, 7) is 15.2. The average molecular weight is 687 g/mol. The molecule has 3 aromatic rings. The summed E-state index contributed by atoms with van der Waals surface area (Å²) in [4.78, 5) is 6.61. The van der Waals surface area contributed by atoms with Crippen molar-refractivity contribution in [3.8, 4) is 11.5 Å². The van der Waals surface area contributed by atoms with E-state index < -0.39 is 38.5 Å². The number of halogens is 2. The summed E-state index contributed by atoms with van der Waals surface area (Å²) >= 11 is 0. The normalized spacial score (nSPS) is 20.3. The summed E-state index contributed by atoms with van der Waals surface area (Å²) in [6, 6.07) is 23.2. The van der Waals surface area contributed by atoms with E-state index in [1.807, 2.05) is 97.6 Å². The number of benzene rings is 3. The summed E-state index contributed by atoms with van der Waals surface area (Å²) < 4.78 is 51.4. The maximum absolute atomic E-state index is 16.6. The molecule has 0 aromatic heterocycles. The molecule has 1 saturated heterocycles. The Balaban J connectivity index is 1.32. The second-order valence-corrected chi connectivity index (χ2v) is 18.6. The highest BCUT2D eigenvalue weighted by atomic mass is 28.4. The zero-order valence-corrected chi connectivity index (χ0v) is 30.1. The van der Waals surface area contributed by atoms with Gasteiger partial charge in [-0.3, -0.25) is 9.89 Å². The van der Waals surface area contributed by atoms with Crippen molar-refractivity contribution in [2.75, 3.05) is 33.0 Å². The maximum Gasteiger partial charge on any atom is 0.282 e. The third kappa shape index (κ3) is 7.24. The quantitative estimate of drug-likeness (QED) is 0.181. The molecule has 0 saturated carbocycles. The first-order valence-electron chi connectivity index (χ1n) is 17.1. The first kappa shape index (κ1) is 35.0. The van der Waals surface area contributed by atoms with Gasteiger partial charge in [-0.25, -0.2) is 8.78 Å². The monoisotopic (exact) mass is 686 g/mol. The lowest BCUT2D eigenvalue weighted by Gasteiger charge is -2.45. The van der Waals surface area contributed by atoms with Gasteiger partial charge in [0.2, 0.25) is 6.79 Å². The molecule has 0 unspecified atom stereocenters. The zero-order chi connectivity index (χ0) is 34.8. The summed E-state index contributed by atoms with van der Waals surface area (Å²) in [5, 5.41) is 8.23. The van der Waals surface area contributed by atoms with Gasteiger partial charge in [0.05, 0.1) is 30.9 Å². The number of alkyl halides is 2. The first-order valence-corrected chi connectivity index (χ1v) is 19.0. The fraction of sp³-hybridized carbons (Fsp3) is 0.410. The molecule has 3 aliphatic heterocycles. The van der Waals surface area contributed by atoms with Crippen LogP contribution in [0.5, 0.6) is 11.5 Å². The van der Waals surface area contributed by atoms with E-state index in [4.69, 9.17) is 18.9 Å². The maximum atomic E-state index is 16.6. The Kier molecular flexibility index (Phi) is 10.1. The number of ether oxygens (including phenoxy) is 2. The van der Waals surface area contributed by atoms with Crippen LogP contribution in [0.1, 0.15) is 51.8 Å². The van der Waals surface area contributed by atoms with E-state index in [-0.39, 0.29) is 12.8 Å². The number of hydrogen-bond donors (Lipinski definition) is 2. The summed E-state index contributed by atoms with van der Waals surface area (Å²) in [5.74, 6) is -1.92. The van der Waals surface area contributed by atoms with E-state index in [0.29, 0.717) is 29.7 Å². The Hall–Kier alpha value is -3.83. The molecule has 3 heterocycles. The third-order valence-electron chi connectivity index (χ3n) is 9.82. The van der Waals surface area contributed by atoms with Gasteiger partial charge in [0.1, 0.15) is 0 Å². The highest BCUT2D eigenvalue weighted by molar-refractivity contribution is 6.99. The molecular weight excluding hydrogens is 639 g/mol. The van der Waals surface area contributed by atoms with Gasteiger partial charge >= 0.3 is 0 Å². The van der Waals surface area contributed by atoms with E-state index in [1.165, 1.54) is 0 Å². The minimum atomic E-state index is -3.19. The molecule has 1 fully saturated rings. The first-order chi connectivity index (χ1) is 23.4. The smallest absolute Gasteiger partial charge is 0.282 e. The lowest BCUT2D eigenvalue weighted by atomic mass is 9.86. The summed E-state index contributed by atoms with van der Waals surface area (Å²) in [7, 11) is -3.18. The Morgan fingerprint density at radius 2 is 1.65 bits per heavy atom. The Labute approximate surface area is 290 Å². The molecule has 3 aromatic carbocycles. The fourth-order valence-electron chi connectivity index (χ4n) is 7.25. The molecule has 0 radical (unpaired) electrons. The van der Waals surface area contributed by atoms with Crippen LogP contribution < -0.4 is 30.5 Å². The molecule has 3 aliphatic rings. The number of aliphatic imine (C=N–C) groups is 1. The van der Waals surface area contributed by atoms with E-state index in [2.05, 4.69) is 38.0 Å². The highest BCUT2D eigenvalue weighted by Crippen LogP contribution is 2.45. The molecule has 0 spiro atoms. The third-order valence-corrected chi connectivity index (χ3v) is 14.8. The van der Waals surface area contributed by atoms with Gasteiger partial charge < -0.3 is 24.5 Å². The largest absolute Gasteiger partial charge is 0.454 e. The number of fused-ring (bicyclic) bond motifs is 2. The molecule has 10 heteroatoms. The molecular formula is C39H48F2N4O3Si. The second kappa shape index (κ2) is 14.2. The standard InChI is InChI=1S/C39H48F2N4O3Si/c1-7-30(44-31-21-42-22-31)23-43-28(3)37-34-20-36-35(46-26-47-36)19-29(34)18-27(2)45(37)24-39(40,41)25-48-49(38(4,5)6,32-14-10-8-11-15-32)33-16-12-9-13-17-33/h7-17,19-20,23,27,31,37,42,44H,3,18,21-22,24-26H2,1-2,4-6H3/b30-7+,43-23?/t27-,37-/m1/s1. The molecule has 0 bridgehead atoms. The van der Waals surface area contributed by atoms with Gasteiger partial charge in [0, 0.05) is 31.0 Å². The van der Waals surface area contributed by atoms with Crippen molar-refractivity contribution in [1.29, 1.82) is 0 Å². The van der Waals surface area contributed by atoms with Crippen LogP contribution in [0.3, 0.4) is 0 Å². The van der Waals surface area contributed by atoms with Crippen molar-refractivity contribution in [2.45, 2.75) is 70.1 Å². The summed E-state index contributed by atoms with van der Waals surface area (Å²) in [6.07, 6.45) is 4.27. The van der Waals surface area contributed by atoms with Crippen LogP contribution in [0.15, 0.2) is 102 Å². The molecule has 2 atom stereocenters. The lowest BCUT2D eigenvalue weighted by Crippen LogP contribution is -2.67. The van der Waals surface area contributed by atoms with Crippen molar-refractivity contribution in [2.24, 2.45) is 4.99 Å². The van der Waals surface area contributed by atoms with E-state index in [0.717, 1.165) is 40.3 Å². The van der Waals surface area contributed by atoms with Crippen LogP contribution in [-0.4, -0.2) is 70.5 Å². The van der Waals surface area contributed by atoms with Gasteiger partial charge in [-0.05, 0) is 58.9 Å². The summed E-state index contributed by atoms with van der Waals surface area (Å²) in [5.41, 5.74) is 3.21. The molecule has 2 N–H and O–H groups in total. The van der Waals surface area contributed by atoms with Gasteiger partial charge in [-0.1, -0.05) is 94.1 Å². The van der Waals surface area contributed by atoms with Crippen LogP contribution in [0.4, 0.5) is 8.78 Å². The van der Waals surface area contributed by atoms with E-state index in [1.54, 1.807) is 6.21 Å². The van der Waals surface area contributed by atoms with Gasteiger partial charge in [-0.2, -0.15) is 0 Å². The van der Waals surface area contributed by atoms with Crippen LogP contribution in [-0.2, 0) is 10.8 Å². The minimum absolute atomic E-state index is 0.130. The predicted molar refractivity (Wildman–Crippen MR) is 195 cm³/mol. The number of hydrogen-bond acceptors (Lipinski definition) is 7. The topological polar surface area (TPSA) is 67.4 Å². The van der Waals surface area contributed by atoms with Crippen LogP contribution >= 0.6 is 0 Å². The lowest BCUT2D eigenvalue weighted by molar-refractivity contribution is -0.0822. The molecule has 0 aliphatic carbocycles. The Morgan fingerprint density at radius 3 is 2.20 bits per heavy atom. The second-order valence-electron chi connectivity index (χ2n) is 14.3. The molecule has 7 nitrogen and oxygen atoms in total. The average Bonchev–Trinajstić information content (AvgIpc) is 3.51. The van der Waals surface area contributed by atoms with Crippen LogP contribution in [0, 0.1) is 0 Å². The van der Waals surface area contributed by atoms with Crippen molar-refractivity contribution < 1.29 is 22.7 Å². The zero-order valence-electron chi connectivity index (χ0n) is 29.1. The fourth-order valence-corrected chi connectivity index (χ4v) is 11.8. The van der Waals surface area contributed by atoms with Crippen molar-refractivity contribution in [3.63, 3.8) is 0 Å². The Morgan fingerprint density at radius 1 is 1.04 bits per heavy atom. The Bertz CT molecular complexity index is 1650. The van der Waals surface area contributed by atoms with Crippen LogP contribution in [0.2, 0.25) is 5.04 Å². The number of nitrogens with one attached hydrogen (secondary N) is 2. The van der Waals surface area contributed by atoms with Crippen molar-refractivity contribution in [3.05, 3.63) is 108 Å². The van der Waals surface area contributed by atoms with Gasteiger partial charge in [-0.15, -0.1) is 0 Å². The number of nitrogens with zero attached hydrogens (tertiary/aromatic N) is 2. The molecule has 0 amide bonds. The van der Waals surface area contributed by atoms with Crippen LogP contribution in [0.25, 0.3) is 0 Å². The number of rotatable bonds is 12. The van der Waals surface area contributed by atoms with Crippen molar-refractivity contribution >= 4 is 24.9 Å². The SMILES string of the molecule is C=C(N=C/C(=C\C)NC1CNC1)[C@@H]1c2cc3c(cc2C[C@@H](C)N1CC(F)(F)CO[Si](c1ccccc1)(c1ccccc1)C(C)(C)C)OCO3. The minimum Gasteiger partial charge on any atom is -0.454 e.